The molecule has 0 spiro atoms. The Kier molecular flexibility index (Phi) is 29.3. The normalized spacial score (nSPS) is 24.2. The van der Waals surface area contributed by atoms with E-state index in [1.54, 1.807) is 27.7 Å². The van der Waals surface area contributed by atoms with Gasteiger partial charge in [-0.3, -0.25) is 49.1 Å². The second-order valence-electron chi connectivity index (χ2n) is 21.9. The maximum Gasteiger partial charge on any atom is 0.330 e. The van der Waals surface area contributed by atoms with Crippen molar-refractivity contribution in [1.29, 1.82) is 5.41 Å². The summed E-state index contributed by atoms with van der Waals surface area (Å²) in [5.74, 6) is -7.05. The molecule has 0 saturated carbocycles. The van der Waals surface area contributed by atoms with E-state index >= 15 is 0 Å². The van der Waals surface area contributed by atoms with Crippen LogP contribution in [0.2, 0.25) is 0 Å². The van der Waals surface area contributed by atoms with Gasteiger partial charge in [-0.05, 0) is 44.1 Å². The van der Waals surface area contributed by atoms with E-state index in [2.05, 4.69) is 36.9 Å². The molecule has 1 aromatic rings. The molecule has 20 N–H and O–H groups in total. The Balaban J connectivity index is 1.52. The van der Waals surface area contributed by atoms with Crippen molar-refractivity contribution in [2.45, 2.75) is 203 Å². The van der Waals surface area contributed by atoms with E-state index in [0.717, 1.165) is 61.8 Å². The molecule has 0 bridgehead atoms. The SMILES string of the molecule is COC1C(OC(C(NCCCNC(=O)C(NC(=O)C(NC(=O)NC(C(=O)O)C(C)C)C2CCN=C(N)N2)C(OC(=O)CCCCCCCCCCCCN(O)C(=N)N)C(C)C)C(=O)O)C2OC(n3ccc(=O)[nH]c3=O)C(O)C2O)OC(CN)C1O. The molecule has 4 rings (SSSR count). The minimum atomic E-state index is -1.94. The molecule has 0 aromatic carbocycles. The number of aliphatic hydroxyl groups excluding tert-OH is 3. The Morgan fingerprint density at radius 2 is 1.47 bits per heavy atom. The molecule has 482 valence electrons. The van der Waals surface area contributed by atoms with Gasteiger partial charge in [0, 0.05) is 52.0 Å². The molecule has 33 nitrogen and oxygen atoms in total. The number of aromatic amines is 1. The van der Waals surface area contributed by atoms with Gasteiger partial charge in [0.05, 0.1) is 6.04 Å². The lowest BCUT2D eigenvalue weighted by Crippen LogP contribution is -2.66. The number of carbonyl (C=O) groups excluding carboxylic acids is 4. The second kappa shape index (κ2) is 35.2. The summed E-state index contributed by atoms with van der Waals surface area (Å²) >= 11 is 0. The van der Waals surface area contributed by atoms with Crippen LogP contribution in [-0.4, -0.2) is 218 Å². The average molecular weight is 1220 g/mol. The first-order valence-corrected chi connectivity index (χ1v) is 28.8. The van der Waals surface area contributed by atoms with Gasteiger partial charge >= 0.3 is 29.6 Å². The number of urea groups is 1. The van der Waals surface area contributed by atoms with Gasteiger partial charge in [0.2, 0.25) is 17.8 Å². The zero-order valence-electron chi connectivity index (χ0n) is 48.8. The molecule has 0 radical (unpaired) electrons. The Bertz CT molecular complexity index is 2490. The minimum Gasteiger partial charge on any atom is -0.480 e. The van der Waals surface area contributed by atoms with E-state index < -0.39 is 156 Å². The van der Waals surface area contributed by atoms with E-state index in [4.69, 9.17) is 46.3 Å². The van der Waals surface area contributed by atoms with Crippen molar-refractivity contribution in [2.24, 2.45) is 34.0 Å². The van der Waals surface area contributed by atoms with Gasteiger partial charge in [0.15, 0.2) is 18.5 Å². The number of methoxy groups -OCH3 is 1. The number of nitrogens with zero attached hydrogens (tertiary/aromatic N) is 3. The van der Waals surface area contributed by atoms with Crippen LogP contribution in [-0.2, 0) is 47.7 Å². The number of unbranched alkanes of at least 4 members (excludes halogenated alkanes) is 9. The monoisotopic (exact) mass is 1210 g/mol. The molecule has 0 aliphatic carbocycles. The third-order valence-corrected chi connectivity index (χ3v) is 14.8. The summed E-state index contributed by atoms with van der Waals surface area (Å²) in [5, 5.41) is 87.2. The van der Waals surface area contributed by atoms with E-state index in [9.17, 15) is 69.1 Å². The van der Waals surface area contributed by atoms with Crippen LogP contribution in [0.4, 0.5) is 4.79 Å². The van der Waals surface area contributed by atoms with E-state index in [-0.39, 0.29) is 51.4 Å². The number of hydrogen-bond acceptors (Lipinski definition) is 23. The van der Waals surface area contributed by atoms with Crippen molar-refractivity contribution in [3.63, 3.8) is 0 Å². The number of aliphatic hydroxyl groups is 3. The van der Waals surface area contributed by atoms with Crippen LogP contribution in [0.3, 0.4) is 0 Å². The number of nitrogens with one attached hydrogen (secondary N) is 8. The summed E-state index contributed by atoms with van der Waals surface area (Å²) in [6.45, 7) is 6.19. The quantitative estimate of drug-likeness (QED) is 0.0101. The van der Waals surface area contributed by atoms with Crippen molar-refractivity contribution in [3.05, 3.63) is 33.1 Å². The summed E-state index contributed by atoms with van der Waals surface area (Å²) in [7, 11) is 1.22. The lowest BCUT2D eigenvalue weighted by Gasteiger charge is -2.34. The number of carboxylic acids is 2. The lowest BCUT2D eigenvalue weighted by atomic mass is 9.96. The fourth-order valence-electron chi connectivity index (χ4n) is 10.1. The van der Waals surface area contributed by atoms with E-state index in [0.29, 0.717) is 30.9 Å². The van der Waals surface area contributed by atoms with Crippen LogP contribution in [0.15, 0.2) is 26.8 Å². The maximum absolute atomic E-state index is 14.6. The number of esters is 1. The smallest absolute Gasteiger partial charge is 0.330 e. The fraction of sp³-hybridized carbons (Fsp3) is 0.769. The molecule has 33 heteroatoms. The molecule has 3 aliphatic rings. The van der Waals surface area contributed by atoms with Crippen molar-refractivity contribution >= 4 is 47.7 Å². The number of guanidine groups is 2. The molecular formula is C52H90N14O19. The third kappa shape index (κ3) is 21.4. The summed E-state index contributed by atoms with van der Waals surface area (Å²) in [6.07, 6.45) is -6.04. The largest absolute Gasteiger partial charge is 0.480 e. The maximum atomic E-state index is 14.6. The zero-order valence-corrected chi connectivity index (χ0v) is 48.8. The summed E-state index contributed by atoms with van der Waals surface area (Å²) in [5.41, 5.74) is 15.2. The number of aliphatic imine (C=N–C) groups is 1. The zero-order chi connectivity index (χ0) is 63.1. The number of aliphatic carboxylic acids is 2. The Morgan fingerprint density at radius 1 is 0.835 bits per heavy atom. The lowest BCUT2D eigenvalue weighted by molar-refractivity contribution is -0.231. The number of aromatic nitrogens is 2. The van der Waals surface area contributed by atoms with Gasteiger partial charge in [-0.25, -0.2) is 19.4 Å². The van der Waals surface area contributed by atoms with Gasteiger partial charge in [-0.1, -0.05) is 79.1 Å². The highest BCUT2D eigenvalue weighted by molar-refractivity contribution is 5.94. The summed E-state index contributed by atoms with van der Waals surface area (Å²) in [4.78, 5) is 112. The molecule has 4 heterocycles. The van der Waals surface area contributed by atoms with Crippen LogP contribution in [0.5, 0.6) is 0 Å². The van der Waals surface area contributed by atoms with Crippen LogP contribution < -0.4 is 60.4 Å². The van der Waals surface area contributed by atoms with Crippen LogP contribution in [0.1, 0.15) is 117 Å². The predicted molar refractivity (Wildman–Crippen MR) is 301 cm³/mol. The third-order valence-electron chi connectivity index (χ3n) is 14.8. The molecule has 2 fully saturated rings. The van der Waals surface area contributed by atoms with Gasteiger partial charge in [-0.15, -0.1) is 0 Å². The standard InChI is InChI=1S/C52H90N14O19/c1-26(2)32(46(74)75)63-51(78)64-33(28-18-22-59-50(56)60-28)44(73)62-34(39(27(3)4)83-31(68)17-14-12-10-8-6-7-9-11-13-15-23-66(80)49(54)55)43(72)58-21-16-20-57-35(47(76)77)40(85-48-42(81-5)36(69)29(25-53)82-48)41-37(70)38(71)45(84-41)65-24-19-30(67)61-52(65)79/h19,24,26-29,32-42,45,48,57,69-71,80H,6-18,20-23,25,53H2,1-5H3,(H3,54,55)(H,58,72)(H,62,73)(H,74,75)(H,76,77)(H3,56,59,60)(H,61,67,79)(H2,63,64,78). The number of H-pyrrole nitrogens is 1. The van der Waals surface area contributed by atoms with Crippen molar-refractivity contribution < 1.29 is 83.2 Å². The van der Waals surface area contributed by atoms with Gasteiger partial charge < -0.3 is 98.3 Å². The first-order valence-electron chi connectivity index (χ1n) is 28.8. The molecule has 2 saturated heterocycles. The molecule has 1 aromatic heterocycles. The highest BCUT2D eigenvalue weighted by Gasteiger charge is 2.54. The molecule has 15 atom stereocenters. The number of rotatable bonds is 37. The summed E-state index contributed by atoms with van der Waals surface area (Å²) in [6, 6.07) is -7.38. The van der Waals surface area contributed by atoms with Gasteiger partial charge in [0.1, 0.15) is 73.0 Å². The van der Waals surface area contributed by atoms with Gasteiger partial charge in [0.25, 0.3) is 5.56 Å². The number of amides is 4. The number of carbonyl (C=O) groups is 6. The van der Waals surface area contributed by atoms with E-state index in [1.807, 2.05) is 4.98 Å². The summed E-state index contributed by atoms with van der Waals surface area (Å²) < 4.78 is 30.0. The highest BCUT2D eigenvalue weighted by atomic mass is 16.7. The average Bonchev–Trinajstić information content (AvgIpc) is 2.45. The van der Waals surface area contributed by atoms with Crippen LogP contribution in [0, 0.1) is 17.2 Å². The first-order chi connectivity index (χ1) is 40.3. The molecule has 4 amide bonds. The number of ether oxygens (including phenoxy) is 5. The van der Waals surface area contributed by atoms with Crippen molar-refractivity contribution in [3.8, 4) is 0 Å². The fourth-order valence-corrected chi connectivity index (χ4v) is 10.1. The predicted octanol–water partition coefficient (Wildman–Crippen LogP) is -3.47. The molecule has 15 unspecified atom stereocenters. The Morgan fingerprint density at radius 3 is 2.04 bits per heavy atom. The van der Waals surface area contributed by atoms with Crippen LogP contribution >= 0.6 is 0 Å². The molecule has 85 heavy (non-hydrogen) atoms. The highest BCUT2D eigenvalue weighted by Crippen LogP contribution is 2.35. The number of carboxylic acid groups (broad SMARTS) is 2. The van der Waals surface area contributed by atoms with Crippen LogP contribution in [0.25, 0.3) is 0 Å². The Hall–Kier alpha value is -6.56. The van der Waals surface area contributed by atoms with E-state index in [1.165, 1.54) is 7.11 Å². The van der Waals surface area contributed by atoms with Gasteiger partial charge in [-0.2, -0.15) is 0 Å². The molecular weight excluding hydrogens is 1120 g/mol. The minimum absolute atomic E-state index is 0.0221. The van der Waals surface area contributed by atoms with Crippen molar-refractivity contribution in [1.82, 2.24) is 46.5 Å². The topological polar surface area (TPSA) is 514 Å². The van der Waals surface area contributed by atoms with Crippen molar-refractivity contribution in [2.75, 3.05) is 39.8 Å². The first kappa shape index (κ1) is 70.9. The second-order valence-corrected chi connectivity index (χ2v) is 21.9. The molecule has 3 aliphatic heterocycles. The number of hydrogen-bond donors (Lipinski definition) is 17. The Labute approximate surface area is 491 Å². The number of hydroxylamine groups is 2. The number of nitrogens with two attached hydrogens (primary N) is 3.